The van der Waals surface area contributed by atoms with Gasteiger partial charge in [0.05, 0.1) is 0 Å². The highest BCUT2D eigenvalue weighted by molar-refractivity contribution is 6.30. The van der Waals surface area contributed by atoms with E-state index >= 15 is 0 Å². The van der Waals surface area contributed by atoms with Crippen LogP contribution in [0.2, 0.25) is 5.02 Å². The Kier molecular flexibility index (Phi) is 6.00. The Hall–Kier alpha value is -2.53. The molecular formula is C17H16ClNO4. The summed E-state index contributed by atoms with van der Waals surface area (Å²) in [5.41, 5.74) is 1.74. The van der Waals surface area contributed by atoms with Crippen molar-refractivity contribution in [2.45, 2.75) is 6.92 Å². The van der Waals surface area contributed by atoms with E-state index in [0.717, 1.165) is 5.56 Å². The number of halogens is 1. The number of rotatable bonds is 6. The van der Waals surface area contributed by atoms with Crippen LogP contribution in [-0.2, 0) is 14.3 Å². The Morgan fingerprint density at radius 2 is 1.83 bits per heavy atom. The van der Waals surface area contributed by atoms with Crippen molar-refractivity contribution >= 4 is 29.2 Å². The number of carbonyl (C=O) groups is 2. The Balaban J connectivity index is 1.71. The number of amides is 1. The van der Waals surface area contributed by atoms with Crippen molar-refractivity contribution in [3.8, 4) is 5.75 Å². The number of carbonyl (C=O) groups excluding carboxylic acids is 2. The van der Waals surface area contributed by atoms with E-state index in [4.69, 9.17) is 21.1 Å². The van der Waals surface area contributed by atoms with Crippen molar-refractivity contribution in [2.75, 3.05) is 18.5 Å². The molecule has 0 saturated carbocycles. The van der Waals surface area contributed by atoms with Crippen molar-refractivity contribution in [1.29, 1.82) is 0 Å². The molecule has 0 aliphatic carbocycles. The first-order valence-corrected chi connectivity index (χ1v) is 7.31. The van der Waals surface area contributed by atoms with E-state index in [-0.39, 0.29) is 13.2 Å². The van der Waals surface area contributed by atoms with Gasteiger partial charge in [0.15, 0.2) is 13.2 Å². The van der Waals surface area contributed by atoms with Gasteiger partial charge >= 0.3 is 5.97 Å². The molecule has 2 aromatic rings. The number of hydrogen-bond donors (Lipinski definition) is 1. The maximum atomic E-state index is 11.7. The first-order chi connectivity index (χ1) is 11.0. The zero-order valence-electron chi connectivity index (χ0n) is 12.5. The lowest BCUT2D eigenvalue weighted by Crippen LogP contribution is -2.23. The van der Waals surface area contributed by atoms with E-state index < -0.39 is 11.9 Å². The maximum Gasteiger partial charge on any atom is 0.344 e. The van der Waals surface area contributed by atoms with Crippen LogP contribution in [0, 0.1) is 6.92 Å². The molecule has 0 heterocycles. The number of benzene rings is 2. The van der Waals surface area contributed by atoms with Gasteiger partial charge < -0.3 is 14.8 Å². The molecule has 0 aliphatic rings. The minimum Gasteiger partial charge on any atom is -0.482 e. The second kappa shape index (κ2) is 8.19. The number of esters is 1. The lowest BCUT2D eigenvalue weighted by Gasteiger charge is -2.08. The van der Waals surface area contributed by atoms with Crippen LogP contribution in [0.1, 0.15) is 5.56 Å². The summed E-state index contributed by atoms with van der Waals surface area (Å²) in [6, 6.07) is 14.0. The molecule has 0 radical (unpaired) electrons. The molecule has 2 rings (SSSR count). The van der Waals surface area contributed by atoms with Gasteiger partial charge in [-0.2, -0.15) is 0 Å². The third-order valence-electron chi connectivity index (χ3n) is 2.85. The van der Waals surface area contributed by atoms with E-state index in [0.29, 0.717) is 16.5 Å². The van der Waals surface area contributed by atoms with Crippen molar-refractivity contribution in [3.63, 3.8) is 0 Å². The normalized spacial score (nSPS) is 10.0. The molecule has 0 atom stereocenters. The monoisotopic (exact) mass is 333 g/mol. The summed E-state index contributed by atoms with van der Waals surface area (Å²) in [6.07, 6.45) is 0. The number of aryl methyl sites for hydroxylation is 1. The standard InChI is InChI=1S/C17H16ClNO4/c1-12-5-7-14(8-6-12)19-16(20)10-23-17(21)11-22-15-4-2-3-13(18)9-15/h2-9H,10-11H2,1H3,(H,19,20). The summed E-state index contributed by atoms with van der Waals surface area (Å²) in [7, 11) is 0. The van der Waals surface area contributed by atoms with Crippen LogP contribution in [-0.4, -0.2) is 25.1 Å². The number of nitrogens with one attached hydrogen (secondary N) is 1. The SMILES string of the molecule is Cc1ccc(NC(=O)COC(=O)COc2cccc(Cl)c2)cc1. The van der Waals surface area contributed by atoms with Crippen LogP contribution in [0.4, 0.5) is 5.69 Å². The third-order valence-corrected chi connectivity index (χ3v) is 3.09. The van der Waals surface area contributed by atoms with Crippen molar-refractivity contribution in [1.82, 2.24) is 0 Å². The van der Waals surface area contributed by atoms with Crippen LogP contribution in [0.15, 0.2) is 48.5 Å². The molecule has 0 aliphatic heterocycles. The maximum absolute atomic E-state index is 11.7. The first kappa shape index (κ1) is 16.8. The molecule has 5 nitrogen and oxygen atoms in total. The molecule has 1 amide bonds. The second-order valence-electron chi connectivity index (χ2n) is 4.82. The smallest absolute Gasteiger partial charge is 0.344 e. The molecule has 23 heavy (non-hydrogen) atoms. The summed E-state index contributed by atoms with van der Waals surface area (Å²) < 4.78 is 10.1. The lowest BCUT2D eigenvalue weighted by atomic mass is 10.2. The predicted molar refractivity (Wildman–Crippen MR) is 87.7 cm³/mol. The molecule has 0 aromatic heterocycles. The quantitative estimate of drug-likeness (QED) is 0.824. The van der Waals surface area contributed by atoms with Crippen molar-refractivity contribution < 1.29 is 19.1 Å². The Bertz CT molecular complexity index is 685. The van der Waals surface area contributed by atoms with E-state index in [2.05, 4.69) is 5.32 Å². The summed E-state index contributed by atoms with van der Waals surface area (Å²) in [4.78, 5) is 23.2. The van der Waals surface area contributed by atoms with Gasteiger partial charge in [-0.25, -0.2) is 4.79 Å². The zero-order chi connectivity index (χ0) is 16.7. The summed E-state index contributed by atoms with van der Waals surface area (Å²) in [5.74, 6) is -0.590. The van der Waals surface area contributed by atoms with Crippen LogP contribution in [0.3, 0.4) is 0 Å². The fourth-order valence-electron chi connectivity index (χ4n) is 1.72. The number of anilines is 1. The Morgan fingerprint density at radius 3 is 2.52 bits per heavy atom. The molecule has 120 valence electrons. The summed E-state index contributed by atoms with van der Waals surface area (Å²) in [6.45, 7) is 1.29. The molecule has 1 N–H and O–H groups in total. The van der Waals surface area contributed by atoms with E-state index in [1.165, 1.54) is 0 Å². The molecule has 6 heteroatoms. The highest BCUT2D eigenvalue weighted by atomic mass is 35.5. The first-order valence-electron chi connectivity index (χ1n) is 6.93. The third kappa shape index (κ3) is 6.00. The van der Waals surface area contributed by atoms with E-state index in [1.54, 1.807) is 36.4 Å². The van der Waals surface area contributed by atoms with Gasteiger partial charge in [0.25, 0.3) is 5.91 Å². The largest absolute Gasteiger partial charge is 0.482 e. The van der Waals surface area contributed by atoms with Gasteiger partial charge in [-0.15, -0.1) is 0 Å². The highest BCUT2D eigenvalue weighted by Crippen LogP contribution is 2.16. The van der Waals surface area contributed by atoms with Gasteiger partial charge in [0.1, 0.15) is 5.75 Å². The van der Waals surface area contributed by atoms with E-state index in [1.807, 2.05) is 19.1 Å². The van der Waals surface area contributed by atoms with Gasteiger partial charge in [0.2, 0.25) is 0 Å². The van der Waals surface area contributed by atoms with Crippen LogP contribution in [0.5, 0.6) is 5.75 Å². The highest BCUT2D eigenvalue weighted by Gasteiger charge is 2.09. The molecule has 0 saturated heterocycles. The average molecular weight is 334 g/mol. The van der Waals surface area contributed by atoms with Gasteiger partial charge in [0, 0.05) is 10.7 Å². The van der Waals surface area contributed by atoms with Crippen LogP contribution >= 0.6 is 11.6 Å². The minimum atomic E-state index is -0.635. The molecule has 0 spiro atoms. The number of ether oxygens (including phenoxy) is 2. The molecule has 0 fully saturated rings. The summed E-state index contributed by atoms with van der Waals surface area (Å²) >= 11 is 5.80. The lowest BCUT2D eigenvalue weighted by molar-refractivity contribution is -0.149. The van der Waals surface area contributed by atoms with Crippen molar-refractivity contribution in [2.24, 2.45) is 0 Å². The van der Waals surface area contributed by atoms with Crippen molar-refractivity contribution in [3.05, 3.63) is 59.1 Å². The summed E-state index contributed by atoms with van der Waals surface area (Å²) in [5, 5.41) is 3.14. The van der Waals surface area contributed by atoms with Gasteiger partial charge in [-0.1, -0.05) is 35.4 Å². The predicted octanol–water partition coefficient (Wildman–Crippen LogP) is 3.21. The van der Waals surface area contributed by atoms with Gasteiger partial charge in [-0.05, 0) is 37.3 Å². The average Bonchev–Trinajstić information content (AvgIpc) is 2.53. The van der Waals surface area contributed by atoms with Crippen LogP contribution in [0.25, 0.3) is 0 Å². The topological polar surface area (TPSA) is 64.6 Å². The van der Waals surface area contributed by atoms with E-state index in [9.17, 15) is 9.59 Å². The zero-order valence-corrected chi connectivity index (χ0v) is 13.3. The van der Waals surface area contributed by atoms with Gasteiger partial charge in [-0.3, -0.25) is 4.79 Å². The second-order valence-corrected chi connectivity index (χ2v) is 5.26. The minimum absolute atomic E-state index is 0.293. The molecule has 0 bridgehead atoms. The van der Waals surface area contributed by atoms with Crippen LogP contribution < -0.4 is 10.1 Å². The fraction of sp³-hybridized carbons (Fsp3) is 0.176. The Labute approximate surface area is 139 Å². The molecule has 2 aromatic carbocycles. The molecule has 0 unspecified atom stereocenters. The Morgan fingerprint density at radius 1 is 1.09 bits per heavy atom. The fourth-order valence-corrected chi connectivity index (χ4v) is 1.90. The molecular weight excluding hydrogens is 318 g/mol. The number of hydrogen-bond acceptors (Lipinski definition) is 4.